The monoisotopic (exact) mass is 341 g/mol. The molecule has 0 aliphatic heterocycles. The maximum atomic E-state index is 13.4. The van der Waals surface area contributed by atoms with Crippen LogP contribution in [0.1, 0.15) is 25.5 Å². The Labute approximate surface area is 127 Å². The summed E-state index contributed by atoms with van der Waals surface area (Å²) in [5.74, 6) is -1.34. The highest BCUT2D eigenvalue weighted by molar-refractivity contribution is 7.92. The Morgan fingerprint density at radius 1 is 1.25 bits per heavy atom. The molecule has 20 heavy (non-hydrogen) atoms. The predicted octanol–water partition coefficient (Wildman–Crippen LogP) is 2.74. The fraction of sp³-hybridized carbons (Fsp3) is 0.417. The molecule has 2 atom stereocenters. The lowest BCUT2D eigenvalue weighted by Crippen LogP contribution is -2.38. The van der Waals surface area contributed by atoms with E-state index in [1.807, 2.05) is 0 Å². The third-order valence-corrected chi connectivity index (χ3v) is 4.99. The van der Waals surface area contributed by atoms with Crippen LogP contribution in [-0.2, 0) is 14.6 Å². The van der Waals surface area contributed by atoms with Gasteiger partial charge < -0.3 is 5.32 Å². The molecule has 0 fully saturated rings. The molecule has 112 valence electrons. The molecule has 0 radical (unpaired) electrons. The summed E-state index contributed by atoms with van der Waals surface area (Å²) in [5, 5.41) is 1.35. The van der Waals surface area contributed by atoms with Gasteiger partial charge in [-0.15, -0.1) is 0 Å². The number of rotatable bonds is 4. The van der Waals surface area contributed by atoms with Crippen LogP contribution in [0.25, 0.3) is 0 Å². The summed E-state index contributed by atoms with van der Waals surface area (Å²) in [4.78, 5) is 11.8. The standard InChI is InChI=1S/C12H14Cl2FNO3S/c1-6(16-12(17)7(2)20(3,18)19)8-4-11(15)10(14)5-9(8)13/h4-7H,1-3H3,(H,16,17)/t6-,7+/m0/s1. The van der Waals surface area contributed by atoms with E-state index in [-0.39, 0.29) is 10.0 Å². The van der Waals surface area contributed by atoms with E-state index in [1.165, 1.54) is 13.0 Å². The average Bonchev–Trinajstić information content (AvgIpc) is 2.31. The molecule has 0 saturated heterocycles. The average molecular weight is 342 g/mol. The van der Waals surface area contributed by atoms with Crippen LogP contribution in [0, 0.1) is 5.82 Å². The van der Waals surface area contributed by atoms with Crippen molar-refractivity contribution in [2.75, 3.05) is 6.26 Å². The maximum absolute atomic E-state index is 13.4. The van der Waals surface area contributed by atoms with Gasteiger partial charge in [0.15, 0.2) is 9.84 Å². The minimum Gasteiger partial charge on any atom is -0.348 e. The van der Waals surface area contributed by atoms with Crippen LogP contribution in [0.3, 0.4) is 0 Å². The molecule has 0 heterocycles. The van der Waals surface area contributed by atoms with Crippen LogP contribution in [0.4, 0.5) is 4.39 Å². The van der Waals surface area contributed by atoms with Gasteiger partial charge in [-0.3, -0.25) is 4.79 Å². The Balaban J connectivity index is 2.95. The van der Waals surface area contributed by atoms with Gasteiger partial charge in [-0.2, -0.15) is 0 Å². The van der Waals surface area contributed by atoms with Crippen LogP contribution in [0.15, 0.2) is 12.1 Å². The fourth-order valence-electron chi connectivity index (χ4n) is 1.47. The Kier molecular flexibility index (Phi) is 5.40. The highest BCUT2D eigenvalue weighted by Gasteiger charge is 2.25. The molecule has 0 spiro atoms. The lowest BCUT2D eigenvalue weighted by atomic mass is 10.1. The second kappa shape index (κ2) is 6.28. The summed E-state index contributed by atoms with van der Waals surface area (Å²) in [5.41, 5.74) is 0.322. The van der Waals surface area contributed by atoms with E-state index in [0.29, 0.717) is 5.56 Å². The van der Waals surface area contributed by atoms with E-state index in [9.17, 15) is 17.6 Å². The van der Waals surface area contributed by atoms with E-state index in [1.54, 1.807) is 6.92 Å². The number of hydrogen-bond acceptors (Lipinski definition) is 3. The van der Waals surface area contributed by atoms with E-state index in [4.69, 9.17) is 23.2 Å². The fourth-order valence-corrected chi connectivity index (χ4v) is 2.48. The molecule has 4 nitrogen and oxygen atoms in total. The summed E-state index contributed by atoms with van der Waals surface area (Å²) in [6.07, 6.45) is 0.969. The molecule has 1 aromatic rings. The van der Waals surface area contributed by atoms with Gasteiger partial charge in [-0.25, -0.2) is 12.8 Å². The van der Waals surface area contributed by atoms with E-state index in [0.717, 1.165) is 12.3 Å². The first-order valence-corrected chi connectivity index (χ1v) is 8.38. The van der Waals surface area contributed by atoms with Gasteiger partial charge in [0, 0.05) is 11.3 Å². The Bertz CT molecular complexity index is 634. The molecule has 1 aromatic carbocycles. The third kappa shape index (κ3) is 4.07. The predicted molar refractivity (Wildman–Crippen MR) is 77.3 cm³/mol. The Morgan fingerprint density at radius 3 is 2.30 bits per heavy atom. The first kappa shape index (κ1) is 17.2. The van der Waals surface area contributed by atoms with Gasteiger partial charge >= 0.3 is 0 Å². The molecular formula is C12H14Cl2FNO3S. The Morgan fingerprint density at radius 2 is 1.80 bits per heavy atom. The minimum absolute atomic E-state index is 0.123. The molecule has 0 aliphatic rings. The summed E-state index contributed by atoms with van der Waals surface area (Å²) in [6, 6.07) is 1.70. The third-order valence-electron chi connectivity index (χ3n) is 2.88. The van der Waals surface area contributed by atoms with Gasteiger partial charge in [0.1, 0.15) is 11.1 Å². The number of nitrogens with one attached hydrogen (secondary N) is 1. The van der Waals surface area contributed by atoms with Gasteiger partial charge in [-0.1, -0.05) is 23.2 Å². The van der Waals surface area contributed by atoms with Gasteiger partial charge in [0.25, 0.3) is 0 Å². The van der Waals surface area contributed by atoms with Gasteiger partial charge in [0.05, 0.1) is 11.1 Å². The van der Waals surface area contributed by atoms with E-state index in [2.05, 4.69) is 5.32 Å². The smallest absolute Gasteiger partial charge is 0.238 e. The van der Waals surface area contributed by atoms with E-state index < -0.39 is 32.9 Å². The number of carbonyl (C=O) groups is 1. The topological polar surface area (TPSA) is 63.2 Å². The van der Waals surface area contributed by atoms with Crippen molar-refractivity contribution < 1.29 is 17.6 Å². The normalized spacial score (nSPS) is 14.7. The summed E-state index contributed by atoms with van der Waals surface area (Å²) < 4.78 is 36.0. The lowest BCUT2D eigenvalue weighted by Gasteiger charge is -2.18. The van der Waals surface area contributed by atoms with Crippen molar-refractivity contribution in [3.8, 4) is 0 Å². The van der Waals surface area contributed by atoms with Crippen molar-refractivity contribution >= 4 is 38.9 Å². The molecular weight excluding hydrogens is 328 g/mol. The molecule has 1 rings (SSSR count). The van der Waals surface area contributed by atoms with Crippen molar-refractivity contribution in [3.05, 3.63) is 33.6 Å². The van der Waals surface area contributed by atoms with Crippen LogP contribution in [0.2, 0.25) is 10.0 Å². The van der Waals surface area contributed by atoms with Crippen LogP contribution >= 0.6 is 23.2 Å². The van der Waals surface area contributed by atoms with Crippen LogP contribution in [-0.4, -0.2) is 25.8 Å². The number of sulfone groups is 1. The van der Waals surface area contributed by atoms with Gasteiger partial charge in [-0.05, 0) is 31.5 Å². The minimum atomic E-state index is -3.50. The summed E-state index contributed by atoms with van der Waals surface area (Å²) >= 11 is 11.5. The maximum Gasteiger partial charge on any atom is 0.238 e. The first-order chi connectivity index (χ1) is 9.04. The van der Waals surface area contributed by atoms with Crippen LogP contribution < -0.4 is 5.32 Å². The molecule has 1 N–H and O–H groups in total. The zero-order chi connectivity index (χ0) is 15.7. The molecule has 1 amide bonds. The Hall–Kier alpha value is -0.850. The molecule has 8 heteroatoms. The molecule has 0 saturated carbocycles. The lowest BCUT2D eigenvalue weighted by molar-refractivity contribution is -0.121. The van der Waals surface area contributed by atoms with Crippen LogP contribution in [0.5, 0.6) is 0 Å². The zero-order valence-electron chi connectivity index (χ0n) is 11.1. The zero-order valence-corrected chi connectivity index (χ0v) is 13.4. The summed E-state index contributed by atoms with van der Waals surface area (Å²) in [7, 11) is -3.50. The highest BCUT2D eigenvalue weighted by atomic mass is 35.5. The number of carbonyl (C=O) groups excluding carboxylic acids is 1. The highest BCUT2D eigenvalue weighted by Crippen LogP contribution is 2.28. The second-order valence-electron chi connectivity index (χ2n) is 4.49. The molecule has 0 unspecified atom stereocenters. The second-order valence-corrected chi connectivity index (χ2v) is 7.67. The number of benzene rings is 1. The largest absolute Gasteiger partial charge is 0.348 e. The quantitative estimate of drug-likeness (QED) is 0.856. The first-order valence-electron chi connectivity index (χ1n) is 5.67. The number of hydrogen-bond donors (Lipinski definition) is 1. The SMILES string of the molecule is C[C@H](NC(=O)[C@@H](C)S(C)(=O)=O)c1cc(F)c(Cl)cc1Cl. The molecule has 0 aliphatic carbocycles. The van der Waals surface area contributed by atoms with Gasteiger partial charge in [0.2, 0.25) is 5.91 Å². The van der Waals surface area contributed by atoms with Crippen molar-refractivity contribution in [2.24, 2.45) is 0 Å². The number of halogens is 3. The molecule has 0 aromatic heterocycles. The van der Waals surface area contributed by atoms with Crippen molar-refractivity contribution in [1.82, 2.24) is 5.32 Å². The van der Waals surface area contributed by atoms with Crippen molar-refractivity contribution in [3.63, 3.8) is 0 Å². The van der Waals surface area contributed by atoms with Crippen molar-refractivity contribution in [2.45, 2.75) is 25.1 Å². The van der Waals surface area contributed by atoms with Crippen molar-refractivity contribution in [1.29, 1.82) is 0 Å². The number of amides is 1. The summed E-state index contributed by atoms with van der Waals surface area (Å²) in [6.45, 7) is 2.85. The molecule has 0 bridgehead atoms. The van der Waals surface area contributed by atoms with E-state index >= 15 is 0 Å².